The van der Waals surface area contributed by atoms with Crippen molar-refractivity contribution in [1.82, 2.24) is 9.97 Å². The number of rotatable bonds is 4. The average molecular weight is 332 g/mol. The highest BCUT2D eigenvalue weighted by atomic mass is 32.2. The number of nitrogens with one attached hydrogen (secondary N) is 3. The van der Waals surface area contributed by atoms with Crippen molar-refractivity contribution < 1.29 is 9.59 Å². The number of aromatic nitrogens is 2. The first-order valence-corrected chi connectivity index (χ1v) is 7.60. The Balaban J connectivity index is 2.37. The van der Waals surface area contributed by atoms with Crippen LogP contribution in [-0.2, 0) is 9.59 Å². The summed E-state index contributed by atoms with van der Waals surface area (Å²) in [5, 5.41) is 5.79. The van der Waals surface area contributed by atoms with Crippen molar-refractivity contribution in [3.05, 3.63) is 40.3 Å². The maximum absolute atomic E-state index is 11.5. The van der Waals surface area contributed by atoms with Gasteiger partial charge in [-0.3, -0.25) is 14.4 Å². The van der Waals surface area contributed by atoms with Crippen molar-refractivity contribution in [3.8, 4) is 0 Å². The summed E-state index contributed by atoms with van der Waals surface area (Å²) in [5.41, 5.74) is 1.46. The quantitative estimate of drug-likeness (QED) is 0.744. The normalized spacial score (nSPS) is 10.2. The van der Waals surface area contributed by atoms with Gasteiger partial charge in [-0.2, -0.15) is 0 Å². The van der Waals surface area contributed by atoms with Gasteiger partial charge in [0.15, 0.2) is 5.16 Å². The molecule has 23 heavy (non-hydrogen) atoms. The van der Waals surface area contributed by atoms with Crippen LogP contribution in [0.15, 0.2) is 39.1 Å². The van der Waals surface area contributed by atoms with Crippen molar-refractivity contribution in [2.24, 2.45) is 0 Å². The average Bonchev–Trinajstić information content (AvgIpc) is 2.39. The number of carbonyl (C=O) groups is 2. The Labute approximate surface area is 136 Å². The van der Waals surface area contributed by atoms with Gasteiger partial charge in [-0.1, -0.05) is 0 Å². The summed E-state index contributed by atoms with van der Waals surface area (Å²) >= 11 is 1.22. The number of hydrogen-bond acceptors (Lipinski definition) is 5. The van der Waals surface area contributed by atoms with Crippen LogP contribution in [0.5, 0.6) is 0 Å². The van der Waals surface area contributed by atoms with E-state index in [1.54, 1.807) is 25.1 Å². The lowest BCUT2D eigenvalue weighted by Crippen LogP contribution is -2.10. The molecule has 3 N–H and O–H groups in total. The van der Waals surface area contributed by atoms with Crippen LogP contribution < -0.4 is 16.2 Å². The highest BCUT2D eigenvalue weighted by Gasteiger charge is 2.10. The van der Waals surface area contributed by atoms with Crippen molar-refractivity contribution in [2.75, 3.05) is 10.6 Å². The molecule has 0 saturated carbocycles. The molecular formula is C15H16N4O3S. The highest BCUT2D eigenvalue weighted by molar-refractivity contribution is 7.99. The molecule has 1 heterocycles. The number of benzene rings is 1. The van der Waals surface area contributed by atoms with Gasteiger partial charge in [0.1, 0.15) is 0 Å². The van der Waals surface area contributed by atoms with E-state index in [-0.39, 0.29) is 17.4 Å². The first-order chi connectivity index (χ1) is 10.8. The van der Waals surface area contributed by atoms with Crippen molar-refractivity contribution in [3.63, 3.8) is 0 Å². The number of aryl methyl sites for hydroxylation is 1. The molecule has 0 aliphatic carbocycles. The van der Waals surface area contributed by atoms with Gasteiger partial charge in [0, 0.05) is 36.2 Å². The van der Waals surface area contributed by atoms with Crippen LogP contribution in [0.2, 0.25) is 0 Å². The van der Waals surface area contributed by atoms with Gasteiger partial charge in [0.2, 0.25) is 11.8 Å². The van der Waals surface area contributed by atoms with Gasteiger partial charge in [-0.25, -0.2) is 4.98 Å². The molecule has 0 aliphatic heterocycles. The Morgan fingerprint density at radius 2 is 1.83 bits per heavy atom. The maximum atomic E-state index is 11.5. The van der Waals surface area contributed by atoms with Gasteiger partial charge in [0.25, 0.3) is 5.56 Å². The smallest absolute Gasteiger partial charge is 0.251 e. The summed E-state index contributed by atoms with van der Waals surface area (Å²) < 4.78 is 0. The van der Waals surface area contributed by atoms with Crippen molar-refractivity contribution >= 4 is 35.0 Å². The lowest BCUT2D eigenvalue weighted by atomic mass is 10.2. The molecule has 0 fully saturated rings. The van der Waals surface area contributed by atoms with Crippen LogP contribution in [0.4, 0.5) is 11.4 Å². The molecule has 2 amide bonds. The molecule has 2 rings (SSSR count). The predicted molar refractivity (Wildman–Crippen MR) is 88.8 cm³/mol. The minimum atomic E-state index is -0.240. The van der Waals surface area contributed by atoms with Gasteiger partial charge in [-0.15, -0.1) is 0 Å². The monoisotopic (exact) mass is 332 g/mol. The van der Waals surface area contributed by atoms with E-state index in [4.69, 9.17) is 0 Å². The van der Waals surface area contributed by atoms with Crippen LogP contribution >= 0.6 is 11.8 Å². The van der Waals surface area contributed by atoms with Crippen LogP contribution in [0.25, 0.3) is 0 Å². The molecular weight excluding hydrogens is 316 g/mol. The van der Waals surface area contributed by atoms with Crippen molar-refractivity contribution in [2.45, 2.75) is 30.8 Å². The Morgan fingerprint density at radius 3 is 2.43 bits per heavy atom. The number of amides is 2. The first-order valence-electron chi connectivity index (χ1n) is 6.78. The van der Waals surface area contributed by atoms with Gasteiger partial charge < -0.3 is 15.6 Å². The zero-order valence-corrected chi connectivity index (χ0v) is 13.7. The van der Waals surface area contributed by atoms with Crippen LogP contribution in [-0.4, -0.2) is 21.8 Å². The van der Waals surface area contributed by atoms with E-state index in [0.29, 0.717) is 27.1 Å². The zero-order valence-electron chi connectivity index (χ0n) is 12.9. The summed E-state index contributed by atoms with van der Waals surface area (Å²) in [4.78, 5) is 41.6. The molecule has 0 spiro atoms. The largest absolute Gasteiger partial charge is 0.326 e. The molecule has 1 aromatic heterocycles. The molecule has 7 nitrogen and oxygen atoms in total. The highest BCUT2D eigenvalue weighted by Crippen LogP contribution is 2.33. The molecule has 0 bridgehead atoms. The summed E-state index contributed by atoms with van der Waals surface area (Å²) in [6, 6.07) is 6.50. The van der Waals surface area contributed by atoms with E-state index in [0.717, 1.165) is 0 Å². The minimum Gasteiger partial charge on any atom is -0.326 e. The van der Waals surface area contributed by atoms with E-state index in [9.17, 15) is 14.4 Å². The molecule has 2 aromatic rings. The van der Waals surface area contributed by atoms with Gasteiger partial charge in [0.05, 0.1) is 5.69 Å². The molecule has 1 aromatic carbocycles. The van der Waals surface area contributed by atoms with E-state index >= 15 is 0 Å². The molecule has 0 saturated heterocycles. The summed E-state index contributed by atoms with van der Waals surface area (Å²) in [7, 11) is 0. The fraction of sp³-hybridized carbons (Fsp3) is 0.200. The number of nitrogens with zero attached hydrogens (tertiary/aromatic N) is 1. The fourth-order valence-corrected chi connectivity index (χ4v) is 2.80. The van der Waals surface area contributed by atoms with E-state index < -0.39 is 0 Å². The number of aromatic amines is 1. The van der Waals surface area contributed by atoms with E-state index in [1.807, 2.05) is 0 Å². The zero-order chi connectivity index (χ0) is 17.0. The molecule has 0 atom stereocenters. The summed E-state index contributed by atoms with van der Waals surface area (Å²) in [5.74, 6) is -0.443. The molecule has 0 radical (unpaired) electrons. The van der Waals surface area contributed by atoms with Crippen LogP contribution in [0.1, 0.15) is 19.5 Å². The van der Waals surface area contributed by atoms with Crippen LogP contribution in [0, 0.1) is 6.92 Å². The number of hydrogen-bond donors (Lipinski definition) is 3. The van der Waals surface area contributed by atoms with Crippen molar-refractivity contribution in [1.29, 1.82) is 0 Å². The second-order valence-electron chi connectivity index (χ2n) is 4.87. The third-order valence-electron chi connectivity index (χ3n) is 2.67. The topological polar surface area (TPSA) is 104 Å². The number of carbonyl (C=O) groups excluding carboxylic acids is 2. The second kappa shape index (κ2) is 7.10. The lowest BCUT2D eigenvalue weighted by molar-refractivity contribution is -0.115. The number of H-pyrrole nitrogens is 1. The second-order valence-corrected chi connectivity index (χ2v) is 5.90. The third kappa shape index (κ3) is 4.96. The maximum Gasteiger partial charge on any atom is 0.251 e. The minimum absolute atomic E-state index is 0.205. The molecule has 120 valence electrons. The van der Waals surface area contributed by atoms with Gasteiger partial charge in [-0.05, 0) is 36.9 Å². The lowest BCUT2D eigenvalue weighted by Gasteiger charge is -2.12. The standard InChI is InChI=1S/C15H16N4O3S/c1-8-6-14(22)19-15(16-8)23-13-5-4-11(17-9(2)20)7-12(13)18-10(3)21/h4-7H,1-3H3,(H,17,20)(H,18,21)(H,16,19,22). The number of anilines is 2. The van der Waals surface area contributed by atoms with Crippen LogP contribution in [0.3, 0.4) is 0 Å². The first kappa shape index (κ1) is 16.8. The Hall–Kier alpha value is -2.61. The summed E-state index contributed by atoms with van der Waals surface area (Å²) in [6.45, 7) is 4.53. The molecule has 0 aliphatic rings. The van der Waals surface area contributed by atoms with E-state index in [1.165, 1.54) is 31.7 Å². The molecule has 8 heteroatoms. The Bertz CT molecular complexity index is 817. The SMILES string of the molecule is CC(=O)Nc1ccc(Sc2nc(C)cc(=O)[nH]2)c(NC(C)=O)c1. The Morgan fingerprint density at radius 1 is 1.13 bits per heavy atom. The third-order valence-corrected chi connectivity index (χ3v) is 3.63. The fourth-order valence-electron chi connectivity index (χ4n) is 1.89. The molecule has 0 unspecified atom stereocenters. The Kier molecular flexibility index (Phi) is 5.17. The van der Waals surface area contributed by atoms with Gasteiger partial charge >= 0.3 is 0 Å². The van der Waals surface area contributed by atoms with E-state index in [2.05, 4.69) is 20.6 Å². The summed E-state index contributed by atoms with van der Waals surface area (Å²) in [6.07, 6.45) is 0. The predicted octanol–water partition coefficient (Wildman–Crippen LogP) is 2.15.